The van der Waals surface area contributed by atoms with E-state index in [-0.39, 0.29) is 12.3 Å². The predicted octanol–water partition coefficient (Wildman–Crippen LogP) is 3.23. The summed E-state index contributed by atoms with van der Waals surface area (Å²) in [6, 6.07) is 0. The summed E-state index contributed by atoms with van der Waals surface area (Å²) in [4.78, 5) is 0. The second kappa shape index (κ2) is 3.26. The molecule has 0 rings (SSSR count). The fourth-order valence-corrected chi connectivity index (χ4v) is 0.841. The highest BCUT2D eigenvalue weighted by atomic mass is 19.4. The van der Waals surface area contributed by atoms with Gasteiger partial charge in [-0.1, -0.05) is 20.8 Å². The molecule has 0 unspecified atom stereocenters. The Balaban J connectivity index is 3.73. The average Bonchev–Trinajstić information content (AvgIpc) is 1.60. The first-order chi connectivity index (χ1) is 4.34. The van der Waals surface area contributed by atoms with Crippen molar-refractivity contribution >= 4 is 0 Å². The molecule has 0 aromatic carbocycles. The van der Waals surface area contributed by atoms with Crippen LogP contribution in [-0.4, -0.2) is 6.18 Å². The van der Waals surface area contributed by atoms with Gasteiger partial charge in [0, 0.05) is 0 Å². The second-order valence-corrected chi connectivity index (χ2v) is 3.07. The lowest BCUT2D eigenvalue weighted by Gasteiger charge is -2.16. The van der Waals surface area contributed by atoms with Crippen molar-refractivity contribution in [2.45, 2.75) is 33.4 Å². The van der Waals surface area contributed by atoms with Crippen LogP contribution < -0.4 is 0 Å². The van der Waals surface area contributed by atoms with Crippen LogP contribution in [0.5, 0.6) is 0 Å². The molecule has 0 aliphatic heterocycles. The molecule has 62 valence electrons. The van der Waals surface area contributed by atoms with Gasteiger partial charge in [-0.05, 0) is 12.3 Å². The Hall–Kier alpha value is -0.210. The van der Waals surface area contributed by atoms with Crippen molar-refractivity contribution < 1.29 is 13.2 Å². The van der Waals surface area contributed by atoms with E-state index in [1.165, 1.54) is 6.92 Å². The number of alkyl halides is 3. The SMILES string of the molecule is CC(C)C[C@H](C)C(F)(F)F. The van der Waals surface area contributed by atoms with E-state index in [1.54, 1.807) is 13.8 Å². The Kier molecular flexibility index (Phi) is 3.19. The van der Waals surface area contributed by atoms with Gasteiger partial charge in [-0.15, -0.1) is 0 Å². The van der Waals surface area contributed by atoms with Crippen LogP contribution in [-0.2, 0) is 0 Å². The third-order valence-electron chi connectivity index (χ3n) is 1.38. The van der Waals surface area contributed by atoms with Gasteiger partial charge < -0.3 is 0 Å². The summed E-state index contributed by atoms with van der Waals surface area (Å²) in [5.74, 6) is -1.04. The standard InChI is InChI=1S/C7H13F3/c1-5(2)4-6(3)7(8,9)10/h5-6H,4H2,1-3H3/t6-/m0/s1. The Morgan fingerprint density at radius 2 is 1.50 bits per heavy atom. The Morgan fingerprint density at radius 1 is 1.10 bits per heavy atom. The lowest BCUT2D eigenvalue weighted by atomic mass is 9.99. The van der Waals surface area contributed by atoms with Gasteiger partial charge in [0.05, 0.1) is 5.92 Å². The number of hydrogen-bond acceptors (Lipinski definition) is 0. The Bertz CT molecular complexity index is 93.5. The largest absolute Gasteiger partial charge is 0.391 e. The summed E-state index contributed by atoms with van der Waals surface area (Å²) in [6.45, 7) is 4.81. The molecular formula is C7H13F3. The molecule has 0 aliphatic carbocycles. The summed E-state index contributed by atoms with van der Waals surface area (Å²) in [7, 11) is 0. The highest BCUT2D eigenvalue weighted by molar-refractivity contribution is 4.63. The molecule has 0 aromatic rings. The maximum absolute atomic E-state index is 11.8. The molecule has 10 heavy (non-hydrogen) atoms. The van der Waals surface area contributed by atoms with Gasteiger partial charge in [-0.25, -0.2) is 0 Å². The molecule has 3 heteroatoms. The summed E-state index contributed by atoms with van der Waals surface area (Å²) >= 11 is 0. The fraction of sp³-hybridized carbons (Fsp3) is 1.00. The Morgan fingerprint density at radius 3 is 1.60 bits per heavy atom. The fourth-order valence-electron chi connectivity index (χ4n) is 0.841. The molecule has 0 amide bonds. The first kappa shape index (κ1) is 9.79. The molecule has 1 atom stereocenters. The molecule has 0 saturated heterocycles. The lowest BCUT2D eigenvalue weighted by molar-refractivity contribution is -0.173. The highest BCUT2D eigenvalue weighted by Crippen LogP contribution is 2.30. The minimum absolute atomic E-state index is 0.122. The summed E-state index contributed by atoms with van der Waals surface area (Å²) in [5.41, 5.74) is 0. The van der Waals surface area contributed by atoms with Gasteiger partial charge in [0.2, 0.25) is 0 Å². The van der Waals surface area contributed by atoms with E-state index in [2.05, 4.69) is 0 Å². The van der Waals surface area contributed by atoms with Crippen molar-refractivity contribution in [1.29, 1.82) is 0 Å². The van der Waals surface area contributed by atoms with E-state index in [1.807, 2.05) is 0 Å². The van der Waals surface area contributed by atoms with Crippen LogP contribution in [0.15, 0.2) is 0 Å². The molecule has 0 fully saturated rings. The van der Waals surface area contributed by atoms with Crippen molar-refractivity contribution in [2.24, 2.45) is 11.8 Å². The topological polar surface area (TPSA) is 0 Å². The number of rotatable bonds is 2. The molecule has 0 nitrogen and oxygen atoms in total. The van der Waals surface area contributed by atoms with Crippen LogP contribution in [0.25, 0.3) is 0 Å². The summed E-state index contributed by atoms with van der Waals surface area (Å²) in [6.07, 6.45) is -3.78. The van der Waals surface area contributed by atoms with Gasteiger partial charge in [0.25, 0.3) is 0 Å². The maximum Gasteiger partial charge on any atom is 0.391 e. The Labute approximate surface area is 59.4 Å². The van der Waals surface area contributed by atoms with Crippen molar-refractivity contribution in [2.75, 3.05) is 0 Å². The average molecular weight is 154 g/mol. The van der Waals surface area contributed by atoms with Crippen LogP contribution >= 0.6 is 0 Å². The molecule has 0 aromatic heterocycles. The van der Waals surface area contributed by atoms with Crippen molar-refractivity contribution in [3.63, 3.8) is 0 Å². The molecule has 0 spiro atoms. The second-order valence-electron chi connectivity index (χ2n) is 3.07. The smallest absolute Gasteiger partial charge is 0.171 e. The lowest BCUT2D eigenvalue weighted by Crippen LogP contribution is -2.21. The van der Waals surface area contributed by atoms with Gasteiger partial charge in [-0.2, -0.15) is 13.2 Å². The monoisotopic (exact) mass is 154 g/mol. The van der Waals surface area contributed by atoms with Crippen molar-refractivity contribution in [1.82, 2.24) is 0 Å². The highest BCUT2D eigenvalue weighted by Gasteiger charge is 2.35. The third kappa shape index (κ3) is 3.75. The van der Waals surface area contributed by atoms with Crippen LogP contribution in [0, 0.1) is 11.8 Å². The molecule has 0 aliphatic rings. The third-order valence-corrected chi connectivity index (χ3v) is 1.38. The normalized spacial score (nSPS) is 15.9. The molecular weight excluding hydrogens is 141 g/mol. The van der Waals surface area contributed by atoms with Crippen LogP contribution in [0.3, 0.4) is 0 Å². The summed E-state index contributed by atoms with van der Waals surface area (Å²) < 4.78 is 35.4. The van der Waals surface area contributed by atoms with Gasteiger partial charge in [-0.3, -0.25) is 0 Å². The number of halogens is 3. The molecule has 0 N–H and O–H groups in total. The first-order valence-corrected chi connectivity index (χ1v) is 3.40. The van der Waals surface area contributed by atoms with E-state index >= 15 is 0 Å². The summed E-state index contributed by atoms with van der Waals surface area (Å²) in [5, 5.41) is 0. The van der Waals surface area contributed by atoms with Crippen LogP contribution in [0.2, 0.25) is 0 Å². The van der Waals surface area contributed by atoms with Crippen LogP contribution in [0.1, 0.15) is 27.2 Å². The van der Waals surface area contributed by atoms with E-state index in [9.17, 15) is 13.2 Å². The van der Waals surface area contributed by atoms with E-state index < -0.39 is 12.1 Å². The zero-order valence-corrected chi connectivity index (χ0v) is 6.50. The predicted molar refractivity (Wildman–Crippen MR) is 34.7 cm³/mol. The van der Waals surface area contributed by atoms with Crippen LogP contribution in [0.4, 0.5) is 13.2 Å². The first-order valence-electron chi connectivity index (χ1n) is 3.40. The molecule has 0 saturated carbocycles. The maximum atomic E-state index is 11.8. The van der Waals surface area contributed by atoms with Crippen molar-refractivity contribution in [3.05, 3.63) is 0 Å². The van der Waals surface area contributed by atoms with E-state index in [4.69, 9.17) is 0 Å². The molecule has 0 radical (unpaired) electrons. The van der Waals surface area contributed by atoms with E-state index in [0.29, 0.717) is 0 Å². The molecule has 0 heterocycles. The number of hydrogen-bond donors (Lipinski definition) is 0. The van der Waals surface area contributed by atoms with Crippen molar-refractivity contribution in [3.8, 4) is 0 Å². The van der Waals surface area contributed by atoms with E-state index in [0.717, 1.165) is 0 Å². The minimum atomic E-state index is -4.01. The van der Waals surface area contributed by atoms with Gasteiger partial charge >= 0.3 is 6.18 Å². The van der Waals surface area contributed by atoms with Gasteiger partial charge in [0.1, 0.15) is 0 Å². The quantitative estimate of drug-likeness (QED) is 0.572. The minimum Gasteiger partial charge on any atom is -0.171 e. The zero-order chi connectivity index (χ0) is 8.36. The van der Waals surface area contributed by atoms with Gasteiger partial charge in [0.15, 0.2) is 0 Å². The zero-order valence-electron chi connectivity index (χ0n) is 6.50. The molecule has 0 bridgehead atoms.